The highest BCUT2D eigenvalue weighted by Crippen LogP contribution is 2.27. The standard InChI is InChI=1S/C32H31ClN6O4/c1-19(2)39-17-23(8-12-30(39)40)22-7-11-27(33)24(15-22)16-28(36-32(42)29-13-14-34-38(29)4)31(41)35-25-9-5-21(6-10-25)26-18-43-37-20(26)3/h5-15,17-19,28H,16H2,1-4H3,(H,35,41)(H,36,42). The molecule has 5 rings (SSSR count). The molecule has 1 unspecified atom stereocenters. The van der Waals surface area contributed by atoms with E-state index in [0.29, 0.717) is 22.0 Å². The average molecular weight is 599 g/mol. The lowest BCUT2D eigenvalue weighted by Gasteiger charge is -2.20. The van der Waals surface area contributed by atoms with Crippen molar-refractivity contribution in [3.63, 3.8) is 0 Å². The van der Waals surface area contributed by atoms with Crippen LogP contribution < -0.4 is 16.2 Å². The highest BCUT2D eigenvalue weighted by atomic mass is 35.5. The monoisotopic (exact) mass is 598 g/mol. The van der Waals surface area contributed by atoms with Crippen LogP contribution in [-0.4, -0.2) is 37.4 Å². The first-order valence-corrected chi connectivity index (χ1v) is 14.1. The van der Waals surface area contributed by atoms with E-state index < -0.39 is 17.9 Å². The third kappa shape index (κ3) is 6.60. The Labute approximate surface area is 253 Å². The number of anilines is 1. The Morgan fingerprint density at radius 3 is 2.37 bits per heavy atom. The number of amides is 2. The molecule has 11 heteroatoms. The minimum atomic E-state index is -0.972. The highest BCUT2D eigenvalue weighted by molar-refractivity contribution is 6.31. The largest absolute Gasteiger partial charge is 0.364 e. The molecular weight excluding hydrogens is 568 g/mol. The molecule has 5 aromatic rings. The van der Waals surface area contributed by atoms with Gasteiger partial charge in [-0.1, -0.05) is 35.0 Å². The van der Waals surface area contributed by atoms with Gasteiger partial charge in [-0.2, -0.15) is 5.10 Å². The van der Waals surface area contributed by atoms with Gasteiger partial charge in [0.15, 0.2) is 0 Å². The van der Waals surface area contributed by atoms with Crippen molar-refractivity contribution in [3.8, 4) is 22.3 Å². The maximum absolute atomic E-state index is 13.6. The fraction of sp³-hybridized carbons (Fsp3) is 0.219. The van der Waals surface area contributed by atoms with Gasteiger partial charge in [-0.05, 0) is 79.4 Å². The number of nitrogens with zero attached hydrogens (tertiary/aromatic N) is 4. The van der Waals surface area contributed by atoms with Crippen LogP contribution in [0.3, 0.4) is 0 Å². The molecule has 0 spiro atoms. The molecule has 2 N–H and O–H groups in total. The maximum Gasteiger partial charge on any atom is 0.270 e. The summed E-state index contributed by atoms with van der Waals surface area (Å²) in [6.07, 6.45) is 5.00. The second-order valence-corrected chi connectivity index (χ2v) is 10.9. The number of benzene rings is 2. The summed E-state index contributed by atoms with van der Waals surface area (Å²) in [7, 11) is 1.65. The molecule has 0 aliphatic rings. The number of hydrogen-bond acceptors (Lipinski definition) is 6. The van der Waals surface area contributed by atoms with E-state index in [1.165, 1.54) is 16.9 Å². The fourth-order valence-corrected chi connectivity index (χ4v) is 4.97. The minimum Gasteiger partial charge on any atom is -0.364 e. The first-order valence-electron chi connectivity index (χ1n) is 13.7. The van der Waals surface area contributed by atoms with Gasteiger partial charge in [0.05, 0.1) is 5.69 Å². The molecule has 0 bridgehead atoms. The zero-order valence-electron chi connectivity index (χ0n) is 24.2. The van der Waals surface area contributed by atoms with Crippen LogP contribution in [0.2, 0.25) is 5.02 Å². The van der Waals surface area contributed by atoms with Gasteiger partial charge in [0.25, 0.3) is 11.5 Å². The average Bonchev–Trinajstić information content (AvgIpc) is 3.62. The van der Waals surface area contributed by atoms with Crippen molar-refractivity contribution in [2.45, 2.75) is 39.3 Å². The second kappa shape index (κ2) is 12.5. The molecule has 0 radical (unpaired) electrons. The van der Waals surface area contributed by atoms with Crippen molar-refractivity contribution in [3.05, 3.63) is 112 Å². The fourth-order valence-electron chi connectivity index (χ4n) is 4.78. The molecule has 0 saturated heterocycles. The summed E-state index contributed by atoms with van der Waals surface area (Å²) in [6.45, 7) is 5.73. The van der Waals surface area contributed by atoms with Crippen molar-refractivity contribution in [2.24, 2.45) is 7.05 Å². The molecule has 10 nitrogen and oxygen atoms in total. The van der Waals surface area contributed by atoms with E-state index in [2.05, 4.69) is 20.9 Å². The van der Waals surface area contributed by atoms with Crippen LogP contribution in [0, 0.1) is 6.92 Å². The van der Waals surface area contributed by atoms with Crippen LogP contribution >= 0.6 is 11.6 Å². The van der Waals surface area contributed by atoms with Crippen molar-refractivity contribution in [2.75, 3.05) is 5.32 Å². The Morgan fingerprint density at radius 1 is 1.00 bits per heavy atom. The van der Waals surface area contributed by atoms with E-state index in [1.807, 2.05) is 45.0 Å². The van der Waals surface area contributed by atoms with Gasteiger partial charge in [-0.25, -0.2) is 0 Å². The Balaban J connectivity index is 1.43. The van der Waals surface area contributed by atoms with Gasteiger partial charge < -0.3 is 19.7 Å². The number of aromatic nitrogens is 4. The number of aryl methyl sites for hydroxylation is 2. The number of pyridine rings is 1. The molecule has 3 aromatic heterocycles. The first kappa shape index (κ1) is 29.5. The van der Waals surface area contributed by atoms with Crippen molar-refractivity contribution < 1.29 is 14.1 Å². The molecule has 0 saturated carbocycles. The highest BCUT2D eigenvalue weighted by Gasteiger charge is 2.25. The maximum atomic E-state index is 13.6. The summed E-state index contributed by atoms with van der Waals surface area (Å²) in [5.74, 6) is -0.867. The molecular formula is C32H31ClN6O4. The second-order valence-electron chi connectivity index (χ2n) is 10.5. The zero-order valence-corrected chi connectivity index (χ0v) is 24.9. The Hall–Kier alpha value is -4.96. The number of carbonyl (C=O) groups is 2. The molecule has 2 aromatic carbocycles. The summed E-state index contributed by atoms with van der Waals surface area (Å²) in [5, 5.41) is 14.2. The Morgan fingerprint density at radius 2 is 1.72 bits per heavy atom. The number of hydrogen-bond donors (Lipinski definition) is 2. The molecule has 1 atom stereocenters. The van der Waals surface area contributed by atoms with Crippen LogP contribution in [0.25, 0.3) is 22.3 Å². The van der Waals surface area contributed by atoms with E-state index in [1.54, 1.807) is 54.4 Å². The third-order valence-corrected chi connectivity index (χ3v) is 7.56. The lowest BCUT2D eigenvalue weighted by atomic mass is 9.99. The lowest BCUT2D eigenvalue weighted by Crippen LogP contribution is -2.45. The first-order chi connectivity index (χ1) is 20.6. The van der Waals surface area contributed by atoms with E-state index in [9.17, 15) is 14.4 Å². The van der Waals surface area contributed by atoms with Crippen molar-refractivity contribution in [1.29, 1.82) is 0 Å². The number of carbonyl (C=O) groups excluding carboxylic acids is 2. The predicted octanol–water partition coefficient (Wildman–Crippen LogP) is 5.43. The third-order valence-electron chi connectivity index (χ3n) is 7.19. The van der Waals surface area contributed by atoms with Gasteiger partial charge in [-0.3, -0.25) is 19.1 Å². The number of halogens is 1. The predicted molar refractivity (Wildman–Crippen MR) is 165 cm³/mol. The topological polar surface area (TPSA) is 124 Å². The van der Waals surface area contributed by atoms with Crippen LogP contribution in [0.5, 0.6) is 0 Å². The molecule has 43 heavy (non-hydrogen) atoms. The normalized spacial score (nSPS) is 11.9. The van der Waals surface area contributed by atoms with Crippen molar-refractivity contribution in [1.82, 2.24) is 24.8 Å². The van der Waals surface area contributed by atoms with Gasteiger partial charge in [0, 0.05) is 54.2 Å². The Bertz CT molecular complexity index is 1840. The van der Waals surface area contributed by atoms with Crippen LogP contribution in [0.15, 0.2) is 88.6 Å². The summed E-state index contributed by atoms with van der Waals surface area (Å²) in [4.78, 5) is 39.1. The SMILES string of the molecule is Cc1nocc1-c1ccc(NC(=O)C(Cc2cc(-c3ccc(=O)n(C(C)C)c3)ccc2Cl)NC(=O)c2ccnn2C)cc1. The van der Waals surface area contributed by atoms with Crippen LogP contribution in [0.4, 0.5) is 5.69 Å². The molecule has 0 fully saturated rings. The summed E-state index contributed by atoms with van der Waals surface area (Å²) >= 11 is 6.61. The van der Waals surface area contributed by atoms with Gasteiger partial charge in [0.2, 0.25) is 5.91 Å². The smallest absolute Gasteiger partial charge is 0.270 e. The van der Waals surface area contributed by atoms with E-state index in [-0.39, 0.29) is 18.0 Å². The minimum absolute atomic E-state index is 0.0102. The van der Waals surface area contributed by atoms with Crippen molar-refractivity contribution >= 4 is 29.1 Å². The molecule has 0 aliphatic carbocycles. The summed E-state index contributed by atoms with van der Waals surface area (Å²) in [6, 6.07) is 16.6. The van der Waals surface area contributed by atoms with Gasteiger partial charge >= 0.3 is 0 Å². The van der Waals surface area contributed by atoms with E-state index in [4.69, 9.17) is 16.1 Å². The van der Waals surface area contributed by atoms with E-state index in [0.717, 1.165) is 27.9 Å². The Kier molecular flexibility index (Phi) is 8.58. The number of rotatable bonds is 9. The van der Waals surface area contributed by atoms with Crippen LogP contribution in [0.1, 0.15) is 41.6 Å². The summed E-state index contributed by atoms with van der Waals surface area (Å²) in [5.41, 5.74) is 5.59. The van der Waals surface area contributed by atoms with Gasteiger partial charge in [0.1, 0.15) is 18.0 Å². The molecule has 0 aliphatic heterocycles. The quantitative estimate of drug-likeness (QED) is 0.233. The summed E-state index contributed by atoms with van der Waals surface area (Å²) < 4.78 is 8.13. The molecule has 2 amide bonds. The zero-order chi connectivity index (χ0) is 30.7. The molecule has 3 heterocycles. The molecule has 220 valence electrons. The van der Waals surface area contributed by atoms with Gasteiger partial charge in [-0.15, -0.1) is 0 Å². The lowest BCUT2D eigenvalue weighted by molar-refractivity contribution is -0.118. The van der Waals surface area contributed by atoms with Crippen LogP contribution in [-0.2, 0) is 18.3 Å². The number of nitrogens with one attached hydrogen (secondary N) is 2. The van der Waals surface area contributed by atoms with E-state index >= 15 is 0 Å².